The third-order valence-electron chi connectivity index (χ3n) is 4.37. The Bertz CT molecular complexity index is 756. The maximum absolute atomic E-state index is 12.7. The number of fused-ring (bicyclic) bond motifs is 1. The van der Waals surface area contributed by atoms with E-state index in [9.17, 15) is 4.79 Å². The SMILES string of the molecule is C=CCn1c(CCCC)nnc1SCC(=O)N1CCc2ccccc21. The number of hydrogen-bond acceptors (Lipinski definition) is 4. The van der Waals surface area contributed by atoms with E-state index in [0.29, 0.717) is 12.3 Å². The Labute approximate surface area is 153 Å². The molecule has 1 aliphatic rings. The van der Waals surface area contributed by atoms with Crippen LogP contribution in [0.4, 0.5) is 5.69 Å². The van der Waals surface area contributed by atoms with E-state index in [2.05, 4.69) is 34.3 Å². The van der Waals surface area contributed by atoms with Crippen molar-refractivity contribution in [1.29, 1.82) is 0 Å². The minimum Gasteiger partial charge on any atom is -0.311 e. The Balaban J connectivity index is 1.66. The van der Waals surface area contributed by atoms with Crippen molar-refractivity contribution in [2.24, 2.45) is 0 Å². The first-order chi connectivity index (χ1) is 12.2. The van der Waals surface area contributed by atoms with Gasteiger partial charge in [0.1, 0.15) is 5.82 Å². The van der Waals surface area contributed by atoms with Gasteiger partial charge in [0.25, 0.3) is 0 Å². The average Bonchev–Trinajstić information content (AvgIpc) is 3.22. The van der Waals surface area contributed by atoms with Gasteiger partial charge in [-0.15, -0.1) is 16.8 Å². The van der Waals surface area contributed by atoms with Crippen molar-refractivity contribution in [3.05, 3.63) is 48.3 Å². The van der Waals surface area contributed by atoms with Gasteiger partial charge >= 0.3 is 0 Å². The summed E-state index contributed by atoms with van der Waals surface area (Å²) in [6.45, 7) is 7.42. The van der Waals surface area contributed by atoms with Crippen molar-refractivity contribution in [2.45, 2.75) is 44.3 Å². The number of carbonyl (C=O) groups excluding carboxylic acids is 1. The molecule has 25 heavy (non-hydrogen) atoms. The molecule has 0 radical (unpaired) electrons. The van der Waals surface area contributed by atoms with Crippen molar-refractivity contribution >= 4 is 23.4 Å². The molecule has 0 N–H and O–H groups in total. The molecule has 132 valence electrons. The van der Waals surface area contributed by atoms with Crippen molar-refractivity contribution in [3.8, 4) is 0 Å². The molecule has 0 saturated heterocycles. The van der Waals surface area contributed by atoms with E-state index in [-0.39, 0.29) is 5.91 Å². The third-order valence-corrected chi connectivity index (χ3v) is 5.32. The summed E-state index contributed by atoms with van der Waals surface area (Å²) in [7, 11) is 0. The largest absolute Gasteiger partial charge is 0.311 e. The Morgan fingerprint density at radius 3 is 3.00 bits per heavy atom. The van der Waals surface area contributed by atoms with Gasteiger partial charge in [0.2, 0.25) is 5.91 Å². The van der Waals surface area contributed by atoms with Crippen molar-refractivity contribution < 1.29 is 4.79 Å². The summed E-state index contributed by atoms with van der Waals surface area (Å²) in [6, 6.07) is 8.12. The molecule has 0 unspecified atom stereocenters. The number of para-hydroxylation sites is 1. The van der Waals surface area contributed by atoms with Gasteiger partial charge in [0, 0.05) is 25.2 Å². The number of amides is 1. The van der Waals surface area contributed by atoms with Crippen LogP contribution < -0.4 is 4.90 Å². The Hall–Kier alpha value is -2.08. The summed E-state index contributed by atoms with van der Waals surface area (Å²) in [5.41, 5.74) is 2.29. The Kier molecular flexibility index (Phi) is 5.91. The first kappa shape index (κ1) is 17.7. The van der Waals surface area contributed by atoms with Crippen LogP contribution in [0, 0.1) is 0 Å². The lowest BCUT2D eigenvalue weighted by molar-refractivity contribution is -0.116. The molecule has 0 spiro atoms. The number of thioether (sulfide) groups is 1. The van der Waals surface area contributed by atoms with E-state index in [0.717, 1.165) is 48.9 Å². The molecule has 0 fully saturated rings. The normalized spacial score (nSPS) is 13.1. The van der Waals surface area contributed by atoms with Gasteiger partial charge in [-0.05, 0) is 24.5 Å². The van der Waals surface area contributed by atoms with Crippen LogP contribution in [0.25, 0.3) is 0 Å². The molecule has 1 amide bonds. The van der Waals surface area contributed by atoms with E-state index in [4.69, 9.17) is 0 Å². The highest BCUT2D eigenvalue weighted by Crippen LogP contribution is 2.28. The second-order valence-corrected chi connectivity index (χ2v) is 7.06. The van der Waals surface area contributed by atoms with Gasteiger partial charge in [-0.2, -0.15) is 0 Å². The first-order valence-electron chi connectivity index (χ1n) is 8.78. The highest BCUT2D eigenvalue weighted by molar-refractivity contribution is 7.99. The van der Waals surface area contributed by atoms with Crippen LogP contribution >= 0.6 is 11.8 Å². The molecule has 0 atom stereocenters. The quantitative estimate of drug-likeness (QED) is 0.537. The zero-order valence-corrected chi connectivity index (χ0v) is 15.5. The lowest BCUT2D eigenvalue weighted by Crippen LogP contribution is -2.30. The lowest BCUT2D eigenvalue weighted by atomic mass is 10.2. The fourth-order valence-corrected chi connectivity index (χ4v) is 3.90. The molecule has 0 bridgehead atoms. The fourth-order valence-electron chi connectivity index (χ4n) is 3.06. The van der Waals surface area contributed by atoms with Crippen LogP contribution in [-0.2, 0) is 24.2 Å². The van der Waals surface area contributed by atoms with Crippen molar-refractivity contribution in [1.82, 2.24) is 14.8 Å². The Morgan fingerprint density at radius 2 is 2.20 bits per heavy atom. The van der Waals surface area contributed by atoms with Crippen LogP contribution in [-0.4, -0.2) is 33.0 Å². The highest BCUT2D eigenvalue weighted by Gasteiger charge is 2.24. The summed E-state index contributed by atoms with van der Waals surface area (Å²) < 4.78 is 2.07. The molecule has 2 heterocycles. The lowest BCUT2D eigenvalue weighted by Gasteiger charge is -2.17. The molecule has 5 nitrogen and oxygen atoms in total. The van der Waals surface area contributed by atoms with Crippen LogP contribution in [0.3, 0.4) is 0 Å². The van der Waals surface area contributed by atoms with E-state index < -0.39 is 0 Å². The van der Waals surface area contributed by atoms with Gasteiger partial charge in [0.05, 0.1) is 5.75 Å². The maximum atomic E-state index is 12.7. The number of carbonyl (C=O) groups is 1. The van der Waals surface area contributed by atoms with E-state index in [1.54, 1.807) is 0 Å². The number of anilines is 1. The van der Waals surface area contributed by atoms with Crippen LogP contribution in [0.1, 0.15) is 31.2 Å². The second-order valence-electron chi connectivity index (χ2n) is 6.11. The smallest absolute Gasteiger partial charge is 0.237 e. The zero-order valence-electron chi connectivity index (χ0n) is 14.6. The first-order valence-corrected chi connectivity index (χ1v) is 9.77. The molecule has 1 aliphatic heterocycles. The van der Waals surface area contributed by atoms with E-state index in [1.807, 2.05) is 29.2 Å². The molecule has 0 saturated carbocycles. The van der Waals surface area contributed by atoms with Gasteiger partial charge in [-0.3, -0.25) is 4.79 Å². The summed E-state index contributed by atoms with van der Waals surface area (Å²) in [4.78, 5) is 14.5. The molecule has 1 aromatic carbocycles. The number of unbranched alkanes of at least 4 members (excludes halogenated alkanes) is 1. The van der Waals surface area contributed by atoms with Gasteiger partial charge < -0.3 is 9.47 Å². The fraction of sp³-hybridized carbons (Fsp3) is 0.421. The number of rotatable bonds is 8. The number of nitrogens with zero attached hydrogens (tertiary/aromatic N) is 4. The molecule has 3 rings (SSSR count). The van der Waals surface area contributed by atoms with Gasteiger partial charge in [0.15, 0.2) is 5.16 Å². The van der Waals surface area contributed by atoms with Crippen LogP contribution in [0.15, 0.2) is 42.1 Å². The number of aromatic nitrogens is 3. The molecule has 6 heteroatoms. The summed E-state index contributed by atoms with van der Waals surface area (Å²) >= 11 is 1.46. The van der Waals surface area contributed by atoms with Crippen molar-refractivity contribution in [3.63, 3.8) is 0 Å². The molecular weight excluding hydrogens is 332 g/mol. The monoisotopic (exact) mass is 356 g/mol. The van der Waals surface area contributed by atoms with E-state index in [1.165, 1.54) is 17.3 Å². The third kappa shape index (κ3) is 3.95. The average molecular weight is 356 g/mol. The molecule has 1 aromatic heterocycles. The molecule has 0 aliphatic carbocycles. The number of allylic oxidation sites excluding steroid dienone is 1. The summed E-state index contributed by atoms with van der Waals surface area (Å²) in [6.07, 6.45) is 5.90. The predicted molar refractivity (Wildman–Crippen MR) is 102 cm³/mol. The van der Waals surface area contributed by atoms with Crippen molar-refractivity contribution in [2.75, 3.05) is 17.2 Å². The van der Waals surface area contributed by atoms with Gasteiger partial charge in [-0.1, -0.05) is 49.4 Å². The van der Waals surface area contributed by atoms with Crippen LogP contribution in [0.2, 0.25) is 0 Å². The number of hydrogen-bond donors (Lipinski definition) is 0. The topological polar surface area (TPSA) is 51.0 Å². The highest BCUT2D eigenvalue weighted by atomic mass is 32.2. The minimum absolute atomic E-state index is 0.123. The number of benzene rings is 1. The molecule has 2 aromatic rings. The van der Waals surface area contributed by atoms with Gasteiger partial charge in [-0.25, -0.2) is 0 Å². The Morgan fingerprint density at radius 1 is 1.36 bits per heavy atom. The van der Waals surface area contributed by atoms with Crippen LogP contribution in [0.5, 0.6) is 0 Å². The standard InChI is InChI=1S/C19H24N4OS/c1-3-5-10-17-20-21-19(23(17)12-4-2)25-14-18(24)22-13-11-15-8-6-7-9-16(15)22/h4,6-9H,2-3,5,10-14H2,1H3. The summed E-state index contributed by atoms with van der Waals surface area (Å²) in [5.74, 6) is 1.47. The summed E-state index contributed by atoms with van der Waals surface area (Å²) in [5, 5.41) is 9.39. The maximum Gasteiger partial charge on any atom is 0.237 e. The minimum atomic E-state index is 0.123. The van der Waals surface area contributed by atoms with E-state index >= 15 is 0 Å². The second kappa shape index (κ2) is 8.34. The predicted octanol–water partition coefficient (Wildman–Crippen LogP) is 3.49. The number of aryl methyl sites for hydroxylation is 1. The molecular formula is C19H24N4OS. The zero-order chi connectivity index (χ0) is 17.6.